The van der Waals surface area contributed by atoms with Crippen LogP contribution in [0.1, 0.15) is 54.4 Å². The van der Waals surface area contributed by atoms with E-state index in [1.54, 1.807) is 6.07 Å². The molecule has 9 heteroatoms. The van der Waals surface area contributed by atoms with Crippen molar-refractivity contribution in [2.75, 3.05) is 26.2 Å². The zero-order chi connectivity index (χ0) is 28.5. The SMILES string of the molecule is C[C@H](CCO[C@@H]1CCCN(SO)C1)N(Cc1cccc(C(F)(F)F)c1Cl)CC(c1ccccc1)c1ccccc1. The lowest BCUT2D eigenvalue weighted by Gasteiger charge is -2.34. The summed E-state index contributed by atoms with van der Waals surface area (Å²) in [6.45, 7) is 4.99. The van der Waals surface area contributed by atoms with Crippen LogP contribution in [0.5, 0.6) is 0 Å². The van der Waals surface area contributed by atoms with Crippen molar-refractivity contribution in [1.82, 2.24) is 9.21 Å². The van der Waals surface area contributed by atoms with Gasteiger partial charge in [-0.05, 0) is 48.9 Å². The average molecular weight is 593 g/mol. The lowest BCUT2D eigenvalue weighted by atomic mass is 9.90. The number of rotatable bonds is 12. The van der Waals surface area contributed by atoms with E-state index >= 15 is 0 Å². The normalized spacial score (nSPS) is 17.4. The summed E-state index contributed by atoms with van der Waals surface area (Å²) in [5, 5.41) is -0.247. The van der Waals surface area contributed by atoms with Crippen LogP contribution in [0.25, 0.3) is 0 Å². The van der Waals surface area contributed by atoms with Crippen molar-refractivity contribution >= 4 is 23.8 Å². The smallest absolute Gasteiger partial charge is 0.377 e. The number of halogens is 4. The molecule has 1 aliphatic heterocycles. The number of ether oxygens (including phenoxy) is 1. The van der Waals surface area contributed by atoms with Crippen molar-refractivity contribution in [1.29, 1.82) is 0 Å². The molecule has 3 aromatic rings. The highest BCUT2D eigenvalue weighted by molar-refractivity contribution is 7.91. The van der Waals surface area contributed by atoms with Crippen molar-refractivity contribution in [3.63, 3.8) is 0 Å². The number of alkyl halides is 3. The third kappa shape index (κ3) is 8.47. The minimum Gasteiger partial charge on any atom is -0.377 e. The van der Waals surface area contributed by atoms with Gasteiger partial charge in [-0.2, -0.15) is 13.2 Å². The van der Waals surface area contributed by atoms with E-state index in [1.807, 2.05) is 40.7 Å². The van der Waals surface area contributed by atoms with Gasteiger partial charge in [0.1, 0.15) is 0 Å². The van der Waals surface area contributed by atoms with Crippen molar-refractivity contribution in [3.05, 3.63) is 106 Å². The number of hydrogen-bond donors (Lipinski definition) is 1. The number of nitrogens with zero attached hydrogens (tertiary/aromatic N) is 2. The highest BCUT2D eigenvalue weighted by atomic mass is 35.5. The Morgan fingerprint density at radius 1 is 1.02 bits per heavy atom. The summed E-state index contributed by atoms with van der Waals surface area (Å²) < 4.78 is 58.4. The quantitative estimate of drug-likeness (QED) is 0.169. The molecule has 0 bridgehead atoms. The second-order valence-electron chi connectivity index (χ2n) is 10.3. The summed E-state index contributed by atoms with van der Waals surface area (Å²) in [7, 11) is 0. The monoisotopic (exact) mass is 592 g/mol. The lowest BCUT2D eigenvalue weighted by Crippen LogP contribution is -2.39. The maximum absolute atomic E-state index is 13.6. The van der Waals surface area contributed by atoms with E-state index < -0.39 is 11.7 Å². The Morgan fingerprint density at radius 2 is 1.68 bits per heavy atom. The third-order valence-electron chi connectivity index (χ3n) is 7.55. The summed E-state index contributed by atoms with van der Waals surface area (Å²) in [6, 6.07) is 24.5. The molecule has 0 amide bonds. The molecule has 4 rings (SSSR count). The van der Waals surface area contributed by atoms with Crippen LogP contribution in [0.15, 0.2) is 78.9 Å². The highest BCUT2D eigenvalue weighted by Crippen LogP contribution is 2.37. The van der Waals surface area contributed by atoms with E-state index in [-0.39, 0.29) is 29.6 Å². The molecule has 2 atom stereocenters. The predicted molar refractivity (Wildman–Crippen MR) is 156 cm³/mol. The molecular formula is C31H36ClF3N2O2S. The van der Waals surface area contributed by atoms with Gasteiger partial charge in [-0.15, -0.1) is 0 Å². The Balaban J connectivity index is 1.57. The number of benzene rings is 3. The van der Waals surface area contributed by atoms with Crippen LogP contribution >= 0.6 is 23.8 Å². The van der Waals surface area contributed by atoms with Crippen molar-refractivity contribution in [2.24, 2.45) is 0 Å². The molecule has 1 saturated heterocycles. The zero-order valence-corrected chi connectivity index (χ0v) is 24.1. The Morgan fingerprint density at radius 3 is 2.27 bits per heavy atom. The van der Waals surface area contributed by atoms with Gasteiger partial charge < -0.3 is 9.29 Å². The highest BCUT2D eigenvalue weighted by Gasteiger charge is 2.34. The lowest BCUT2D eigenvalue weighted by molar-refractivity contribution is -0.137. The molecule has 1 heterocycles. The molecule has 0 saturated carbocycles. The van der Waals surface area contributed by atoms with Crippen LogP contribution in [0.4, 0.5) is 13.2 Å². The fourth-order valence-electron chi connectivity index (χ4n) is 5.25. The van der Waals surface area contributed by atoms with Crippen LogP contribution in [-0.4, -0.2) is 52.1 Å². The van der Waals surface area contributed by atoms with Crippen molar-refractivity contribution < 1.29 is 22.5 Å². The Bertz CT molecular complexity index is 1150. The maximum Gasteiger partial charge on any atom is 0.417 e. The Labute approximate surface area is 244 Å². The van der Waals surface area contributed by atoms with Crippen LogP contribution in [-0.2, 0) is 17.5 Å². The Hall–Kier alpha value is -2.07. The minimum atomic E-state index is -4.52. The molecule has 4 nitrogen and oxygen atoms in total. The van der Waals surface area contributed by atoms with Gasteiger partial charge in [0.15, 0.2) is 0 Å². The van der Waals surface area contributed by atoms with Gasteiger partial charge in [-0.1, -0.05) is 84.4 Å². The van der Waals surface area contributed by atoms with E-state index in [0.29, 0.717) is 31.7 Å². The fourth-order valence-corrected chi connectivity index (χ4v) is 5.99. The van der Waals surface area contributed by atoms with E-state index in [0.717, 1.165) is 48.8 Å². The molecule has 1 N–H and O–H groups in total. The van der Waals surface area contributed by atoms with Crippen LogP contribution in [0.3, 0.4) is 0 Å². The molecule has 1 fully saturated rings. The summed E-state index contributed by atoms with van der Waals surface area (Å²) >= 11 is 7.10. The first-order chi connectivity index (χ1) is 19.3. The van der Waals surface area contributed by atoms with Crippen LogP contribution in [0, 0.1) is 0 Å². The average Bonchev–Trinajstić information content (AvgIpc) is 2.96. The maximum atomic E-state index is 13.6. The second kappa shape index (κ2) is 14.7. The van der Waals surface area contributed by atoms with Crippen molar-refractivity contribution in [3.8, 4) is 0 Å². The first-order valence-electron chi connectivity index (χ1n) is 13.6. The second-order valence-corrected chi connectivity index (χ2v) is 11.4. The molecular weight excluding hydrogens is 557 g/mol. The molecule has 0 radical (unpaired) electrons. The molecule has 0 unspecified atom stereocenters. The summed E-state index contributed by atoms with van der Waals surface area (Å²) in [4.78, 5) is 2.21. The van der Waals surface area contributed by atoms with Gasteiger partial charge >= 0.3 is 6.18 Å². The topological polar surface area (TPSA) is 35.9 Å². The van der Waals surface area contributed by atoms with Gasteiger partial charge in [0, 0.05) is 44.7 Å². The molecule has 0 aliphatic carbocycles. The van der Waals surface area contributed by atoms with Gasteiger partial charge in [0.05, 0.1) is 28.9 Å². The summed E-state index contributed by atoms with van der Waals surface area (Å²) in [5.41, 5.74) is 1.92. The van der Waals surface area contributed by atoms with Gasteiger partial charge in [-0.25, -0.2) is 4.31 Å². The first kappa shape index (κ1) is 30.9. The standard InChI is InChI=1S/C31H36ClF3N2O2S/c1-23(17-19-39-27-15-9-18-37(21-27)40-38)36(20-26-14-8-16-29(30(26)32)31(33,34)35)22-28(24-10-4-2-5-11-24)25-12-6-3-7-13-25/h2-8,10-14,16,23,27-28,38H,9,15,17-22H2,1H3/t23-,27-/m1/s1. The molecule has 1 aliphatic rings. The predicted octanol–water partition coefficient (Wildman–Crippen LogP) is 8.37. The van der Waals surface area contributed by atoms with E-state index in [4.69, 9.17) is 16.3 Å². The zero-order valence-electron chi connectivity index (χ0n) is 22.6. The third-order valence-corrected chi connectivity index (χ3v) is 8.56. The first-order valence-corrected chi connectivity index (χ1v) is 14.7. The van der Waals surface area contributed by atoms with Gasteiger partial charge in [-0.3, -0.25) is 4.90 Å². The largest absolute Gasteiger partial charge is 0.417 e. The molecule has 0 spiro atoms. The summed E-state index contributed by atoms with van der Waals surface area (Å²) in [6.07, 6.45) is -1.86. The summed E-state index contributed by atoms with van der Waals surface area (Å²) in [5.74, 6) is 0.0174. The van der Waals surface area contributed by atoms with Crippen LogP contribution < -0.4 is 0 Å². The molecule has 40 heavy (non-hydrogen) atoms. The fraction of sp³-hybridized carbons (Fsp3) is 0.419. The number of piperidine rings is 1. The Kier molecular flexibility index (Phi) is 11.4. The van der Waals surface area contributed by atoms with Crippen LogP contribution in [0.2, 0.25) is 5.02 Å². The molecule has 0 aromatic heterocycles. The van der Waals surface area contributed by atoms with Gasteiger partial charge in [0.25, 0.3) is 0 Å². The molecule has 3 aromatic carbocycles. The van der Waals surface area contributed by atoms with Gasteiger partial charge in [0.2, 0.25) is 0 Å². The van der Waals surface area contributed by atoms with E-state index in [9.17, 15) is 17.7 Å². The van der Waals surface area contributed by atoms with E-state index in [2.05, 4.69) is 36.1 Å². The number of hydrogen-bond acceptors (Lipinski definition) is 5. The minimum absolute atomic E-state index is 0.00689. The molecule has 216 valence electrons. The van der Waals surface area contributed by atoms with E-state index in [1.165, 1.54) is 6.07 Å². The van der Waals surface area contributed by atoms with Crippen molar-refractivity contribution in [2.45, 2.75) is 57.0 Å².